The van der Waals surface area contributed by atoms with Crippen molar-refractivity contribution < 1.29 is 47.0 Å². The highest BCUT2D eigenvalue weighted by atomic mass is 32.2. The number of benzene rings is 3. The van der Waals surface area contributed by atoms with Gasteiger partial charge >= 0.3 is 12.1 Å². The van der Waals surface area contributed by atoms with Gasteiger partial charge in [-0.3, -0.25) is 19.2 Å². The Bertz CT molecular complexity index is 3290. The largest absolute Gasteiger partial charge is 0.490 e. The Kier molecular flexibility index (Phi) is 24.0. The molecule has 19 nitrogen and oxygen atoms in total. The number of fused-ring (bicyclic) bond motifs is 2. The number of amides is 8. The van der Waals surface area contributed by atoms with Crippen molar-refractivity contribution in [2.24, 2.45) is 23.2 Å². The minimum atomic E-state index is -3.89. The van der Waals surface area contributed by atoms with Crippen LogP contribution in [0.1, 0.15) is 189 Å². The van der Waals surface area contributed by atoms with Crippen LogP contribution in [0.15, 0.2) is 83.9 Å². The van der Waals surface area contributed by atoms with Crippen LogP contribution in [0.3, 0.4) is 0 Å². The molecule has 8 fully saturated rings. The zero-order valence-electron chi connectivity index (χ0n) is 55.4. The molecule has 6 N–H and O–H groups in total. The van der Waals surface area contributed by atoms with Gasteiger partial charge in [0, 0.05) is 94.2 Å². The Balaban J connectivity index is 0.576. The summed E-state index contributed by atoms with van der Waals surface area (Å²) in [5, 5.41) is 27.6. The molecule has 3 aromatic carbocycles. The third-order valence-electron chi connectivity index (χ3n) is 21.6. The molecule has 0 radical (unpaired) electrons. The molecule has 4 saturated heterocycles. The first-order chi connectivity index (χ1) is 45.6. The molecule has 512 valence electrons. The van der Waals surface area contributed by atoms with E-state index in [0.29, 0.717) is 105 Å². The molecule has 1 aromatic heterocycles. The maximum absolute atomic E-state index is 14.5. The van der Waals surface area contributed by atoms with Gasteiger partial charge in [0.2, 0.25) is 23.6 Å². The monoisotopic (exact) mass is 1330 g/mol. The molecule has 4 aliphatic carbocycles. The molecule has 8 amide bonds. The number of nitrogens with zero attached hydrogens (tertiary/aromatic N) is 4. The number of hydrogen-bond acceptors (Lipinski definition) is 11. The highest BCUT2D eigenvalue weighted by molar-refractivity contribution is 8.00. The summed E-state index contributed by atoms with van der Waals surface area (Å²) in [6.07, 6.45) is 22.6. The fourth-order valence-corrected chi connectivity index (χ4v) is 19.7. The second-order valence-electron chi connectivity index (χ2n) is 28.6. The number of unbranched alkanes of at least 4 members (excludes halogenated alkanes) is 7. The van der Waals surface area contributed by atoms with Gasteiger partial charge in [-0.05, 0) is 200 Å². The first-order valence-corrected chi connectivity index (χ1v) is 38.2. The Morgan fingerprint density at radius 1 is 0.670 bits per heavy atom. The molecular weight excluding hydrogens is 1230 g/mol. The predicted octanol–water partition coefficient (Wildman–Crippen LogP) is 10.5. The summed E-state index contributed by atoms with van der Waals surface area (Å²) >= 11 is 1.90. The molecule has 0 spiro atoms. The van der Waals surface area contributed by atoms with E-state index in [0.717, 1.165) is 158 Å². The van der Waals surface area contributed by atoms with Crippen molar-refractivity contribution in [1.29, 1.82) is 0 Å². The number of nitrogens with one attached hydrogen (secondary N) is 5. The van der Waals surface area contributed by atoms with E-state index in [9.17, 15) is 42.3 Å². The number of aliphatic hydroxyl groups excluding tert-OH is 1. The van der Waals surface area contributed by atoms with Crippen LogP contribution in [0, 0.1) is 30.1 Å². The van der Waals surface area contributed by atoms with E-state index < -0.39 is 16.1 Å². The van der Waals surface area contributed by atoms with Crippen molar-refractivity contribution in [2.75, 3.05) is 71.3 Å². The molecule has 4 saturated carbocycles. The number of carbonyl (C=O) groups is 6. The van der Waals surface area contributed by atoms with Gasteiger partial charge in [-0.25, -0.2) is 22.0 Å². The summed E-state index contributed by atoms with van der Waals surface area (Å²) in [5.41, 5.74) is 3.97. The number of carbonyl (C=O) groups excluding carboxylic acids is 6. The highest BCUT2D eigenvalue weighted by Gasteiger charge is 2.56. The highest BCUT2D eigenvalue weighted by Crippen LogP contribution is 2.61. The summed E-state index contributed by atoms with van der Waals surface area (Å²) < 4.78 is 34.9. The zero-order valence-corrected chi connectivity index (χ0v) is 57.0. The Morgan fingerprint density at radius 2 is 1.21 bits per heavy atom. The first-order valence-electron chi connectivity index (χ1n) is 35.7. The Labute approximate surface area is 561 Å². The summed E-state index contributed by atoms with van der Waals surface area (Å²) in [5.74, 6) is 4.97. The number of rotatable bonds is 33. The fraction of sp³-hybridized carbons (Fsp3) is 0.644. The SMILES string of the molecule is Cc1ccc(S(=O)(=O)n2ccc3c(OCC(O)CN(CCCCCNC(=O)CCCCCNC(=O)CCCCCNC(=O)CCCC[C@@H]4SC[C@@H]5NC(=O)N[C@@H]54)C(=O)N4CCC(c5ccc(C6CCN(C(=O)C78CC9CC(CC(C9)C7)C8)CC6)cc5)CC4)cccc32)cc1. The lowest BCUT2D eigenvalue weighted by Gasteiger charge is -2.57. The van der Waals surface area contributed by atoms with Crippen LogP contribution in [0.25, 0.3) is 10.9 Å². The maximum Gasteiger partial charge on any atom is 0.320 e. The van der Waals surface area contributed by atoms with E-state index in [2.05, 4.69) is 55.7 Å². The summed E-state index contributed by atoms with van der Waals surface area (Å²) in [7, 11) is -3.89. The zero-order chi connectivity index (χ0) is 65.6. The lowest BCUT2D eigenvalue weighted by molar-refractivity contribution is -0.158. The predicted molar refractivity (Wildman–Crippen MR) is 367 cm³/mol. The van der Waals surface area contributed by atoms with Crippen LogP contribution in [-0.4, -0.2) is 163 Å². The van der Waals surface area contributed by atoms with Gasteiger partial charge in [0.1, 0.15) is 18.5 Å². The van der Waals surface area contributed by atoms with Crippen molar-refractivity contribution in [3.05, 3.63) is 95.7 Å². The van der Waals surface area contributed by atoms with Crippen LogP contribution in [-0.2, 0) is 29.2 Å². The van der Waals surface area contributed by atoms with Crippen molar-refractivity contribution in [1.82, 2.24) is 45.3 Å². The first kappa shape index (κ1) is 69.0. The molecule has 4 aliphatic heterocycles. The number of piperidine rings is 2. The molecule has 5 heterocycles. The second-order valence-corrected chi connectivity index (χ2v) is 31.7. The summed E-state index contributed by atoms with van der Waals surface area (Å²) in [6, 6.07) is 23.0. The number of aromatic nitrogens is 1. The third-order valence-corrected chi connectivity index (χ3v) is 24.8. The number of aliphatic hydroxyl groups is 1. The van der Waals surface area contributed by atoms with Gasteiger partial charge in [0.15, 0.2) is 0 Å². The van der Waals surface area contributed by atoms with Crippen molar-refractivity contribution in [3.63, 3.8) is 0 Å². The molecule has 94 heavy (non-hydrogen) atoms. The molecule has 21 heteroatoms. The van der Waals surface area contributed by atoms with Crippen LogP contribution < -0.4 is 31.3 Å². The minimum Gasteiger partial charge on any atom is -0.490 e. The van der Waals surface area contributed by atoms with E-state index in [4.69, 9.17) is 4.74 Å². The van der Waals surface area contributed by atoms with Crippen LogP contribution >= 0.6 is 11.8 Å². The van der Waals surface area contributed by atoms with Crippen LogP contribution in [0.4, 0.5) is 9.59 Å². The standard InChI is InChI=1S/C73H103N9O10S2/c1-51-20-26-60(27-21-51)94(90,91)82-41-32-61-63(82)14-13-15-64(61)92-49-59(83)48-81(72(89)80-39-30-58(31-40-80)56-24-22-55(23-25-56)57-28-37-79(38-29-57)70(87)73-45-52-42-53(46-73)44-54(43-52)47-73)36-12-4-11-35-76-67(85)18-6-2-9-33-74-66(84)17-5-3-10-34-75-68(86)19-8-7-16-65-69-62(50-93-65)77-71(88)78-69/h13-15,20-27,32,41,52-54,57-59,62,65,69,83H,2-12,16-19,28-31,33-40,42-50H2,1H3,(H,74,84)(H,75,86)(H,76,85)(H2,77,78,88)/t52?,53?,54?,59?,62-,65-,69-,73?/m0/s1. The average Bonchev–Trinajstić information content (AvgIpc) is 0.818. The quantitative estimate of drug-likeness (QED) is 0.0194. The summed E-state index contributed by atoms with van der Waals surface area (Å²) in [6.45, 7) is 6.82. The van der Waals surface area contributed by atoms with Gasteiger partial charge in [-0.15, -0.1) is 0 Å². The van der Waals surface area contributed by atoms with Gasteiger partial charge < -0.3 is 51.1 Å². The van der Waals surface area contributed by atoms with E-state index in [1.54, 1.807) is 53.4 Å². The summed E-state index contributed by atoms with van der Waals surface area (Å²) in [4.78, 5) is 83.8. The number of ether oxygens (including phenoxy) is 1. The topological polar surface area (TPSA) is 241 Å². The van der Waals surface area contributed by atoms with Crippen molar-refractivity contribution in [3.8, 4) is 5.75 Å². The Hall–Kier alpha value is -6.32. The number of thioether (sulfide) groups is 1. The molecule has 4 atom stereocenters. The maximum atomic E-state index is 14.5. The molecular formula is C73H103N9O10S2. The lowest BCUT2D eigenvalue weighted by atomic mass is 9.49. The fourth-order valence-electron chi connectivity index (χ4n) is 16.8. The number of hydrogen-bond donors (Lipinski definition) is 6. The van der Waals surface area contributed by atoms with E-state index in [1.807, 2.05) is 23.6 Å². The second kappa shape index (κ2) is 32.6. The Morgan fingerprint density at radius 3 is 1.79 bits per heavy atom. The lowest BCUT2D eigenvalue weighted by Crippen LogP contribution is -2.55. The van der Waals surface area contributed by atoms with Crippen molar-refractivity contribution in [2.45, 2.75) is 208 Å². The molecule has 1 unspecified atom stereocenters. The molecule has 8 aliphatic rings. The number of likely N-dealkylation sites (tertiary alicyclic amines) is 2. The van der Waals surface area contributed by atoms with Gasteiger partial charge in [-0.2, -0.15) is 11.8 Å². The number of aryl methyl sites for hydroxylation is 1. The van der Waals surface area contributed by atoms with Gasteiger partial charge in [-0.1, -0.05) is 67.3 Å². The minimum absolute atomic E-state index is 0.00760. The average molecular weight is 1330 g/mol. The normalized spacial score (nSPS) is 23.8. The number of urea groups is 2. The molecule has 12 rings (SSSR count). The van der Waals surface area contributed by atoms with Gasteiger partial charge in [0.25, 0.3) is 10.0 Å². The van der Waals surface area contributed by atoms with E-state index >= 15 is 0 Å². The smallest absolute Gasteiger partial charge is 0.320 e. The van der Waals surface area contributed by atoms with Crippen LogP contribution in [0.5, 0.6) is 5.75 Å². The molecule has 4 bridgehead atoms. The third kappa shape index (κ3) is 17.8. The van der Waals surface area contributed by atoms with Gasteiger partial charge in [0.05, 0.1) is 34.5 Å². The van der Waals surface area contributed by atoms with Crippen molar-refractivity contribution >= 4 is 68.4 Å². The van der Waals surface area contributed by atoms with E-state index in [1.165, 1.54) is 40.6 Å². The molecule has 4 aromatic rings. The van der Waals surface area contributed by atoms with Crippen LogP contribution in [0.2, 0.25) is 0 Å². The van der Waals surface area contributed by atoms with E-state index in [-0.39, 0.29) is 65.3 Å².